The molecule has 1 fully saturated rings. The molecule has 1 saturated carbocycles. The second-order valence-corrected chi connectivity index (χ2v) is 4.89. The lowest BCUT2D eigenvalue weighted by atomic mass is 9.85. The Kier molecular flexibility index (Phi) is 5.44. The number of hydrogen-bond acceptors (Lipinski definition) is 2. The van der Waals surface area contributed by atoms with Crippen LogP contribution in [0.25, 0.3) is 0 Å². The van der Waals surface area contributed by atoms with Crippen LogP contribution in [0.5, 0.6) is 0 Å². The fourth-order valence-electron chi connectivity index (χ4n) is 2.29. The summed E-state index contributed by atoms with van der Waals surface area (Å²) >= 11 is 0. The van der Waals surface area contributed by atoms with Gasteiger partial charge >= 0.3 is 0 Å². The molecule has 1 aliphatic carbocycles. The molecule has 0 radical (unpaired) electrons. The molecule has 0 saturated heterocycles. The van der Waals surface area contributed by atoms with Crippen molar-refractivity contribution in [2.75, 3.05) is 0 Å². The molecule has 2 heteroatoms. The van der Waals surface area contributed by atoms with E-state index in [2.05, 4.69) is 0 Å². The Morgan fingerprint density at radius 1 is 1.31 bits per heavy atom. The standard InChI is InChI=1S/C14H22O2/c1-11(12(2)16)14(10-15)9-8-13-6-4-3-5-7-13/h9-11,13H,3-8H2,1-2H3/b14-9-. The van der Waals surface area contributed by atoms with Crippen molar-refractivity contribution in [1.29, 1.82) is 0 Å². The van der Waals surface area contributed by atoms with E-state index >= 15 is 0 Å². The van der Waals surface area contributed by atoms with E-state index in [1.807, 2.05) is 13.0 Å². The molecule has 90 valence electrons. The Morgan fingerprint density at radius 2 is 1.94 bits per heavy atom. The molecule has 0 aromatic heterocycles. The molecule has 0 aromatic rings. The number of ketones is 1. The largest absolute Gasteiger partial charge is 0.299 e. The molecule has 0 bridgehead atoms. The summed E-state index contributed by atoms with van der Waals surface area (Å²) in [4.78, 5) is 22.1. The van der Waals surface area contributed by atoms with E-state index in [1.165, 1.54) is 32.1 Å². The Labute approximate surface area is 98.1 Å². The number of hydrogen-bond donors (Lipinski definition) is 0. The van der Waals surface area contributed by atoms with Crippen LogP contribution >= 0.6 is 0 Å². The van der Waals surface area contributed by atoms with Crippen molar-refractivity contribution in [3.63, 3.8) is 0 Å². The van der Waals surface area contributed by atoms with Gasteiger partial charge in [0.25, 0.3) is 0 Å². The summed E-state index contributed by atoms with van der Waals surface area (Å²) in [7, 11) is 0. The van der Waals surface area contributed by atoms with Crippen molar-refractivity contribution in [2.45, 2.75) is 52.4 Å². The van der Waals surface area contributed by atoms with E-state index in [-0.39, 0.29) is 11.7 Å². The molecule has 0 aliphatic heterocycles. The van der Waals surface area contributed by atoms with Gasteiger partial charge in [-0.2, -0.15) is 0 Å². The zero-order valence-electron chi connectivity index (χ0n) is 10.4. The number of carbonyl (C=O) groups excluding carboxylic acids is 2. The van der Waals surface area contributed by atoms with Gasteiger partial charge in [-0.25, -0.2) is 0 Å². The van der Waals surface area contributed by atoms with Crippen LogP contribution in [0.15, 0.2) is 11.6 Å². The highest BCUT2D eigenvalue weighted by Crippen LogP contribution is 2.27. The molecule has 0 N–H and O–H groups in total. The SMILES string of the molecule is CC(=O)C(C)/C(C=O)=C\CC1CCCCC1. The molecule has 0 spiro atoms. The average Bonchev–Trinajstić information content (AvgIpc) is 2.30. The van der Waals surface area contributed by atoms with Gasteiger partial charge in [0.05, 0.1) is 0 Å². The zero-order chi connectivity index (χ0) is 12.0. The van der Waals surface area contributed by atoms with Gasteiger partial charge < -0.3 is 0 Å². The predicted molar refractivity (Wildman–Crippen MR) is 65.2 cm³/mol. The van der Waals surface area contributed by atoms with E-state index in [4.69, 9.17) is 0 Å². The lowest BCUT2D eigenvalue weighted by Crippen LogP contribution is -2.11. The second kappa shape index (κ2) is 6.62. The van der Waals surface area contributed by atoms with E-state index in [0.717, 1.165) is 18.6 Å². The minimum Gasteiger partial charge on any atom is -0.299 e. The molecular weight excluding hydrogens is 200 g/mol. The molecule has 0 heterocycles. The molecular formula is C14H22O2. The van der Waals surface area contributed by atoms with Crippen LogP contribution in [0.3, 0.4) is 0 Å². The first kappa shape index (κ1) is 13.1. The monoisotopic (exact) mass is 222 g/mol. The fraction of sp³-hybridized carbons (Fsp3) is 0.714. The Hall–Kier alpha value is -0.920. The molecule has 1 rings (SSSR count). The van der Waals surface area contributed by atoms with E-state index in [9.17, 15) is 9.59 Å². The number of carbonyl (C=O) groups is 2. The third-order valence-corrected chi connectivity index (χ3v) is 3.66. The Morgan fingerprint density at radius 3 is 2.44 bits per heavy atom. The number of rotatable bonds is 5. The first-order chi connectivity index (χ1) is 7.65. The van der Waals surface area contributed by atoms with Crippen molar-refractivity contribution in [3.05, 3.63) is 11.6 Å². The van der Waals surface area contributed by atoms with Gasteiger partial charge in [-0.15, -0.1) is 0 Å². The highest BCUT2D eigenvalue weighted by atomic mass is 16.1. The number of allylic oxidation sites excluding steroid dienone is 2. The van der Waals surface area contributed by atoms with Crippen molar-refractivity contribution in [2.24, 2.45) is 11.8 Å². The molecule has 1 aliphatic rings. The van der Waals surface area contributed by atoms with Gasteiger partial charge in [0.2, 0.25) is 0 Å². The minimum atomic E-state index is -0.235. The van der Waals surface area contributed by atoms with E-state index < -0.39 is 0 Å². The predicted octanol–water partition coefficient (Wildman–Crippen LogP) is 3.31. The Bertz CT molecular complexity index is 272. The number of aldehydes is 1. The third-order valence-electron chi connectivity index (χ3n) is 3.66. The molecule has 0 amide bonds. The fourth-order valence-corrected chi connectivity index (χ4v) is 2.29. The lowest BCUT2D eigenvalue weighted by Gasteiger charge is -2.20. The van der Waals surface area contributed by atoms with Crippen LogP contribution in [0.4, 0.5) is 0 Å². The van der Waals surface area contributed by atoms with Crippen molar-refractivity contribution in [1.82, 2.24) is 0 Å². The topological polar surface area (TPSA) is 34.1 Å². The molecule has 16 heavy (non-hydrogen) atoms. The summed E-state index contributed by atoms with van der Waals surface area (Å²) in [6.07, 6.45) is 10.3. The Balaban J connectivity index is 2.51. The van der Waals surface area contributed by atoms with Crippen molar-refractivity contribution >= 4 is 12.1 Å². The normalized spacial score (nSPS) is 20.5. The average molecular weight is 222 g/mol. The number of Topliss-reactive ketones (excluding diaryl/α,β-unsaturated/α-hetero) is 1. The summed E-state index contributed by atoms with van der Waals surface area (Å²) in [6.45, 7) is 3.35. The highest BCUT2D eigenvalue weighted by molar-refractivity contribution is 5.89. The maximum atomic E-state index is 11.2. The molecule has 1 atom stereocenters. The van der Waals surface area contributed by atoms with Crippen LogP contribution in [0.1, 0.15) is 52.4 Å². The highest BCUT2D eigenvalue weighted by Gasteiger charge is 2.15. The smallest absolute Gasteiger partial charge is 0.146 e. The van der Waals surface area contributed by atoms with Gasteiger partial charge in [-0.05, 0) is 24.8 Å². The molecule has 1 unspecified atom stereocenters. The van der Waals surface area contributed by atoms with Crippen LogP contribution in [0, 0.1) is 11.8 Å². The van der Waals surface area contributed by atoms with Crippen molar-refractivity contribution < 1.29 is 9.59 Å². The lowest BCUT2D eigenvalue weighted by molar-refractivity contribution is -0.120. The van der Waals surface area contributed by atoms with Crippen LogP contribution < -0.4 is 0 Å². The summed E-state index contributed by atoms with van der Waals surface area (Å²) in [5.41, 5.74) is 0.665. The second-order valence-electron chi connectivity index (χ2n) is 4.89. The summed E-state index contributed by atoms with van der Waals surface area (Å²) in [6, 6.07) is 0. The van der Waals surface area contributed by atoms with Crippen molar-refractivity contribution in [3.8, 4) is 0 Å². The molecule has 0 aromatic carbocycles. The van der Waals surface area contributed by atoms with E-state index in [0.29, 0.717) is 5.57 Å². The minimum absolute atomic E-state index is 0.0713. The van der Waals surface area contributed by atoms with Gasteiger partial charge in [0, 0.05) is 5.92 Å². The first-order valence-electron chi connectivity index (χ1n) is 6.30. The quantitative estimate of drug-likeness (QED) is 0.528. The van der Waals surface area contributed by atoms with Gasteiger partial charge in [0.15, 0.2) is 0 Å². The zero-order valence-corrected chi connectivity index (χ0v) is 10.4. The maximum Gasteiger partial charge on any atom is 0.146 e. The van der Waals surface area contributed by atoms with E-state index in [1.54, 1.807) is 6.92 Å². The molecule has 2 nitrogen and oxygen atoms in total. The van der Waals surface area contributed by atoms with Gasteiger partial charge in [-0.1, -0.05) is 45.1 Å². The maximum absolute atomic E-state index is 11.2. The van der Waals surface area contributed by atoms with Crippen LogP contribution in [-0.4, -0.2) is 12.1 Å². The first-order valence-corrected chi connectivity index (χ1v) is 6.30. The van der Waals surface area contributed by atoms with Crippen LogP contribution in [-0.2, 0) is 9.59 Å². The third kappa shape index (κ3) is 3.92. The van der Waals surface area contributed by atoms with Crippen LogP contribution in [0.2, 0.25) is 0 Å². The summed E-state index contributed by atoms with van der Waals surface area (Å²) < 4.78 is 0. The van der Waals surface area contributed by atoms with Gasteiger partial charge in [-0.3, -0.25) is 9.59 Å². The summed E-state index contributed by atoms with van der Waals surface area (Å²) in [5.74, 6) is 0.561. The summed E-state index contributed by atoms with van der Waals surface area (Å²) in [5, 5.41) is 0. The van der Waals surface area contributed by atoms with Gasteiger partial charge in [0.1, 0.15) is 12.1 Å².